The molecule has 13 heteroatoms. The van der Waals surface area contributed by atoms with Crippen LogP contribution in [0.4, 0.5) is 5.69 Å². The molecule has 1 fully saturated rings. The third-order valence-electron chi connectivity index (χ3n) is 6.34. The molecule has 41 heavy (non-hydrogen) atoms. The molecule has 1 aliphatic rings. The molecule has 220 valence electrons. The van der Waals surface area contributed by atoms with E-state index < -0.39 is 32.5 Å². The first-order chi connectivity index (χ1) is 19.6. The van der Waals surface area contributed by atoms with Gasteiger partial charge < -0.3 is 14.8 Å². The second-order valence-corrected chi connectivity index (χ2v) is 13.4. The Morgan fingerprint density at radius 1 is 0.854 bits per heavy atom. The third-order valence-corrected chi connectivity index (χ3v) is 10.3. The molecule has 0 radical (unpaired) electrons. The van der Waals surface area contributed by atoms with Crippen LogP contribution in [0.3, 0.4) is 0 Å². The number of nitrogens with one attached hydrogen (secondary N) is 1. The minimum Gasteiger partial charge on any atom is -0.494 e. The second-order valence-electron chi connectivity index (χ2n) is 9.17. The van der Waals surface area contributed by atoms with Crippen LogP contribution in [-0.2, 0) is 24.8 Å². The lowest BCUT2D eigenvalue weighted by Gasteiger charge is -2.24. The van der Waals surface area contributed by atoms with Crippen molar-refractivity contribution in [3.05, 3.63) is 77.8 Å². The highest BCUT2D eigenvalue weighted by atomic mass is 35.5. The number of ether oxygens (including phenoxy) is 2. The number of carbonyl (C=O) groups is 1. The number of carbonyl (C=O) groups excluding carboxylic acids is 1. The summed E-state index contributed by atoms with van der Waals surface area (Å²) in [4.78, 5) is 13.0. The van der Waals surface area contributed by atoms with Gasteiger partial charge in [0.05, 0.1) is 28.6 Å². The van der Waals surface area contributed by atoms with Gasteiger partial charge in [0.25, 0.3) is 10.0 Å². The molecule has 0 atom stereocenters. The number of nitrogens with zero attached hydrogens (tertiary/aromatic N) is 2. The monoisotopic (exact) mass is 621 g/mol. The zero-order chi connectivity index (χ0) is 29.5. The third kappa shape index (κ3) is 7.70. The van der Waals surface area contributed by atoms with Crippen LogP contribution in [0.2, 0.25) is 5.02 Å². The van der Waals surface area contributed by atoms with E-state index in [0.29, 0.717) is 41.9 Å². The van der Waals surface area contributed by atoms with E-state index in [0.717, 1.165) is 17.1 Å². The smallest absolute Gasteiger partial charge is 0.264 e. The Bertz CT molecular complexity index is 1530. The van der Waals surface area contributed by atoms with Gasteiger partial charge in [-0.1, -0.05) is 11.6 Å². The molecular formula is C28H32ClN3O7S2. The summed E-state index contributed by atoms with van der Waals surface area (Å²) in [6, 6.07) is 18.2. The normalized spacial score (nSPS) is 14.0. The molecular weight excluding hydrogens is 590 g/mol. The lowest BCUT2D eigenvalue weighted by molar-refractivity contribution is -0.119. The van der Waals surface area contributed by atoms with Crippen LogP contribution in [0, 0.1) is 0 Å². The highest BCUT2D eigenvalue weighted by molar-refractivity contribution is 7.92. The largest absolute Gasteiger partial charge is 0.494 e. The van der Waals surface area contributed by atoms with Crippen LogP contribution < -0.4 is 19.1 Å². The van der Waals surface area contributed by atoms with Crippen LogP contribution in [0.5, 0.6) is 11.5 Å². The number of anilines is 1. The molecule has 0 aliphatic carbocycles. The van der Waals surface area contributed by atoms with Crippen molar-refractivity contribution >= 4 is 43.2 Å². The maximum Gasteiger partial charge on any atom is 0.264 e. The molecule has 10 nitrogen and oxygen atoms in total. The molecule has 1 amide bonds. The van der Waals surface area contributed by atoms with E-state index >= 15 is 0 Å². The molecule has 0 bridgehead atoms. The topological polar surface area (TPSA) is 122 Å². The Balaban J connectivity index is 1.37. The van der Waals surface area contributed by atoms with Crippen molar-refractivity contribution in [1.82, 2.24) is 9.62 Å². The summed E-state index contributed by atoms with van der Waals surface area (Å²) in [7, 11) is -7.61. The summed E-state index contributed by atoms with van der Waals surface area (Å²) in [5.41, 5.74) is 0.291. The Morgan fingerprint density at radius 2 is 1.41 bits per heavy atom. The Morgan fingerprint density at radius 3 is 2.02 bits per heavy atom. The quantitative estimate of drug-likeness (QED) is 0.287. The molecule has 0 aromatic heterocycles. The summed E-state index contributed by atoms with van der Waals surface area (Å²) in [6.07, 6.45) is 1.72. The van der Waals surface area contributed by atoms with Gasteiger partial charge in [-0.25, -0.2) is 16.8 Å². The molecule has 0 saturated carbocycles. The van der Waals surface area contributed by atoms with E-state index in [4.69, 9.17) is 21.1 Å². The number of sulfonamides is 2. The Kier molecular flexibility index (Phi) is 10.1. The molecule has 1 saturated heterocycles. The fraction of sp³-hybridized carbons (Fsp3) is 0.321. The van der Waals surface area contributed by atoms with Crippen molar-refractivity contribution < 1.29 is 31.1 Å². The summed E-state index contributed by atoms with van der Waals surface area (Å²) in [5, 5.41) is 3.06. The first kappa shape index (κ1) is 30.6. The van der Waals surface area contributed by atoms with Gasteiger partial charge in [-0.15, -0.1) is 0 Å². The van der Waals surface area contributed by atoms with Gasteiger partial charge in [-0.05, 0) is 92.6 Å². The zero-order valence-corrected chi connectivity index (χ0v) is 24.9. The number of halogens is 1. The van der Waals surface area contributed by atoms with Crippen LogP contribution in [-0.4, -0.2) is 66.4 Å². The number of benzene rings is 3. The van der Waals surface area contributed by atoms with Crippen molar-refractivity contribution in [3.8, 4) is 11.5 Å². The molecule has 3 aromatic carbocycles. The lowest BCUT2D eigenvalue weighted by Crippen LogP contribution is -2.41. The van der Waals surface area contributed by atoms with Crippen molar-refractivity contribution in [2.45, 2.75) is 29.6 Å². The van der Waals surface area contributed by atoms with E-state index in [1.807, 2.05) is 6.92 Å². The van der Waals surface area contributed by atoms with E-state index in [1.165, 1.54) is 40.7 Å². The molecule has 1 aliphatic heterocycles. The van der Waals surface area contributed by atoms with Crippen molar-refractivity contribution in [1.29, 1.82) is 0 Å². The minimum absolute atomic E-state index is 0.0119. The van der Waals surface area contributed by atoms with Gasteiger partial charge in [0, 0.05) is 18.1 Å². The summed E-state index contributed by atoms with van der Waals surface area (Å²) in [6.45, 7) is 3.07. The van der Waals surface area contributed by atoms with Crippen molar-refractivity contribution in [2.75, 3.05) is 43.7 Å². The van der Waals surface area contributed by atoms with E-state index in [2.05, 4.69) is 5.32 Å². The van der Waals surface area contributed by atoms with E-state index in [1.54, 1.807) is 36.4 Å². The molecule has 4 rings (SSSR count). The van der Waals surface area contributed by atoms with Crippen LogP contribution in [0.15, 0.2) is 82.6 Å². The van der Waals surface area contributed by atoms with Crippen LogP contribution in [0.1, 0.15) is 19.8 Å². The average molecular weight is 622 g/mol. The fourth-order valence-electron chi connectivity index (χ4n) is 4.26. The van der Waals surface area contributed by atoms with E-state index in [-0.39, 0.29) is 22.9 Å². The predicted molar refractivity (Wildman–Crippen MR) is 157 cm³/mol. The lowest BCUT2D eigenvalue weighted by atomic mass is 10.3. The van der Waals surface area contributed by atoms with Gasteiger partial charge in [-0.2, -0.15) is 4.31 Å². The number of rotatable bonds is 13. The standard InChI is InChI=1S/C28H32ClN3O7S2/c1-2-38-24-9-7-23(8-10-24)32(41(36,37)27-13-5-22(29)6-14-27)21-28(33)30-17-20-39-25-11-15-26(16-12-25)40(34,35)31-18-3-4-19-31/h5-16H,2-4,17-21H2,1H3,(H,30,33). The van der Waals surface area contributed by atoms with Gasteiger partial charge in [-0.3, -0.25) is 9.10 Å². The van der Waals surface area contributed by atoms with Crippen molar-refractivity contribution in [3.63, 3.8) is 0 Å². The van der Waals surface area contributed by atoms with Crippen LogP contribution in [0.25, 0.3) is 0 Å². The summed E-state index contributed by atoms with van der Waals surface area (Å²) < 4.78 is 65.9. The predicted octanol–water partition coefficient (Wildman–Crippen LogP) is 3.91. The number of hydrogen-bond donors (Lipinski definition) is 1. The Hall–Kier alpha value is -3.32. The summed E-state index contributed by atoms with van der Waals surface area (Å²) >= 11 is 5.93. The van der Waals surface area contributed by atoms with Crippen LogP contribution >= 0.6 is 11.6 Å². The van der Waals surface area contributed by atoms with E-state index in [9.17, 15) is 21.6 Å². The first-order valence-electron chi connectivity index (χ1n) is 13.1. The van der Waals surface area contributed by atoms with Gasteiger partial charge in [0.1, 0.15) is 24.7 Å². The second kappa shape index (κ2) is 13.6. The first-order valence-corrected chi connectivity index (χ1v) is 16.4. The van der Waals surface area contributed by atoms with Gasteiger partial charge >= 0.3 is 0 Å². The molecule has 1 heterocycles. The minimum atomic E-state index is -4.10. The maximum atomic E-state index is 13.5. The Labute approximate surface area is 245 Å². The summed E-state index contributed by atoms with van der Waals surface area (Å²) in [5.74, 6) is 0.483. The SMILES string of the molecule is CCOc1ccc(N(CC(=O)NCCOc2ccc(S(=O)(=O)N3CCCC3)cc2)S(=O)(=O)c2ccc(Cl)cc2)cc1. The molecule has 0 spiro atoms. The number of hydrogen-bond acceptors (Lipinski definition) is 7. The highest BCUT2D eigenvalue weighted by Crippen LogP contribution is 2.27. The van der Waals surface area contributed by atoms with Gasteiger partial charge in [0.15, 0.2) is 0 Å². The molecule has 0 unspecified atom stereocenters. The van der Waals surface area contributed by atoms with Crippen molar-refractivity contribution in [2.24, 2.45) is 0 Å². The molecule has 3 aromatic rings. The number of amides is 1. The maximum absolute atomic E-state index is 13.5. The zero-order valence-electron chi connectivity index (χ0n) is 22.5. The van der Waals surface area contributed by atoms with Gasteiger partial charge in [0.2, 0.25) is 15.9 Å². The fourth-order valence-corrected chi connectivity index (χ4v) is 7.32. The highest BCUT2D eigenvalue weighted by Gasteiger charge is 2.28. The molecule has 1 N–H and O–H groups in total. The average Bonchev–Trinajstić information content (AvgIpc) is 3.52.